The number of fused-ring (bicyclic) bond motifs is 1. The summed E-state index contributed by atoms with van der Waals surface area (Å²) in [5, 5.41) is 14.6. The fraction of sp³-hybridized carbons (Fsp3) is 0.263. The number of anilines is 1. The number of nitrogens with zero attached hydrogens (tertiary/aromatic N) is 3. The Labute approximate surface area is 151 Å². The number of aromatic nitrogens is 2. The van der Waals surface area contributed by atoms with E-state index in [9.17, 15) is 14.9 Å². The molecule has 0 saturated carbocycles. The van der Waals surface area contributed by atoms with Crippen molar-refractivity contribution in [1.82, 2.24) is 14.9 Å². The molecule has 2 amide bonds. The monoisotopic (exact) mass is 349 g/mol. The number of benzene rings is 1. The first kappa shape index (κ1) is 17.4. The van der Waals surface area contributed by atoms with Crippen molar-refractivity contribution in [2.75, 3.05) is 11.9 Å². The van der Waals surface area contributed by atoms with Crippen LogP contribution in [-0.4, -0.2) is 27.9 Å². The zero-order valence-corrected chi connectivity index (χ0v) is 14.3. The van der Waals surface area contributed by atoms with Crippen LogP contribution in [0.15, 0.2) is 36.9 Å². The average molecular weight is 349 g/mol. The molecule has 0 atom stereocenters. The van der Waals surface area contributed by atoms with Crippen LogP contribution < -0.4 is 10.6 Å². The molecule has 0 radical (unpaired) electrons. The lowest BCUT2D eigenvalue weighted by Gasteiger charge is -2.17. The molecule has 3 rings (SSSR count). The molecular formula is C19H19N5O2. The average Bonchev–Trinajstić information content (AvgIpc) is 3.06. The summed E-state index contributed by atoms with van der Waals surface area (Å²) in [4.78, 5) is 29.4. The van der Waals surface area contributed by atoms with Gasteiger partial charge in [0.05, 0.1) is 16.9 Å². The van der Waals surface area contributed by atoms with Crippen molar-refractivity contribution in [2.24, 2.45) is 0 Å². The second-order valence-corrected chi connectivity index (χ2v) is 5.95. The lowest BCUT2D eigenvalue weighted by Crippen LogP contribution is -2.28. The summed E-state index contributed by atoms with van der Waals surface area (Å²) >= 11 is 0. The van der Waals surface area contributed by atoms with Gasteiger partial charge in [0, 0.05) is 13.1 Å². The van der Waals surface area contributed by atoms with Gasteiger partial charge in [-0.05, 0) is 31.4 Å². The van der Waals surface area contributed by atoms with E-state index in [0.717, 1.165) is 18.5 Å². The van der Waals surface area contributed by atoms with Crippen molar-refractivity contribution < 1.29 is 9.59 Å². The molecule has 132 valence electrons. The van der Waals surface area contributed by atoms with Gasteiger partial charge < -0.3 is 15.2 Å². The molecule has 2 aromatic rings. The van der Waals surface area contributed by atoms with Crippen LogP contribution in [0.3, 0.4) is 0 Å². The molecular weight excluding hydrogens is 330 g/mol. The fourth-order valence-corrected chi connectivity index (χ4v) is 3.01. The number of hydrogen-bond acceptors (Lipinski definition) is 4. The van der Waals surface area contributed by atoms with Crippen LogP contribution in [0, 0.1) is 11.3 Å². The fourth-order valence-electron chi connectivity index (χ4n) is 3.01. The number of rotatable bonds is 5. The second kappa shape index (κ2) is 7.66. The SMILES string of the molecule is C=CCNC(=O)c1nc(C(=O)Nc2ccccc2C#N)c2n1CCCC2. The van der Waals surface area contributed by atoms with Crippen LogP contribution in [0.5, 0.6) is 0 Å². The number of hydrogen-bond donors (Lipinski definition) is 2. The van der Waals surface area contributed by atoms with Gasteiger partial charge in [-0.15, -0.1) is 6.58 Å². The Hall–Kier alpha value is -3.40. The summed E-state index contributed by atoms with van der Waals surface area (Å²) in [5.41, 5.74) is 1.79. The molecule has 7 nitrogen and oxygen atoms in total. The third-order valence-electron chi connectivity index (χ3n) is 4.24. The number of para-hydroxylation sites is 1. The number of amides is 2. The highest BCUT2D eigenvalue weighted by Crippen LogP contribution is 2.23. The van der Waals surface area contributed by atoms with Crippen molar-refractivity contribution in [1.29, 1.82) is 5.26 Å². The van der Waals surface area contributed by atoms with Crippen LogP contribution in [0.2, 0.25) is 0 Å². The maximum atomic E-state index is 12.8. The molecule has 1 aliphatic heterocycles. The van der Waals surface area contributed by atoms with Crippen LogP contribution in [0.1, 0.15) is 45.2 Å². The normalized spacial score (nSPS) is 12.6. The van der Waals surface area contributed by atoms with Crippen LogP contribution in [0.25, 0.3) is 0 Å². The van der Waals surface area contributed by atoms with E-state index in [1.54, 1.807) is 30.3 Å². The number of nitrogens with one attached hydrogen (secondary N) is 2. The minimum Gasteiger partial charge on any atom is -0.346 e. The molecule has 0 spiro atoms. The Balaban J connectivity index is 1.93. The quantitative estimate of drug-likeness (QED) is 0.809. The van der Waals surface area contributed by atoms with E-state index in [-0.39, 0.29) is 17.4 Å². The minimum atomic E-state index is -0.416. The van der Waals surface area contributed by atoms with Crippen molar-refractivity contribution in [3.63, 3.8) is 0 Å². The molecule has 26 heavy (non-hydrogen) atoms. The predicted molar refractivity (Wildman–Crippen MR) is 96.8 cm³/mol. The van der Waals surface area contributed by atoms with E-state index in [1.165, 1.54) is 0 Å². The number of imidazole rings is 1. The van der Waals surface area contributed by atoms with Gasteiger partial charge >= 0.3 is 0 Å². The summed E-state index contributed by atoms with van der Waals surface area (Å²) in [6.07, 6.45) is 4.15. The van der Waals surface area contributed by atoms with Gasteiger partial charge in [-0.3, -0.25) is 9.59 Å². The van der Waals surface area contributed by atoms with Gasteiger partial charge in [-0.25, -0.2) is 4.98 Å². The predicted octanol–water partition coefficient (Wildman–Crippen LogP) is 2.26. The molecule has 7 heteroatoms. The van der Waals surface area contributed by atoms with E-state index in [4.69, 9.17) is 0 Å². The maximum Gasteiger partial charge on any atom is 0.287 e. The summed E-state index contributed by atoms with van der Waals surface area (Å²) in [6.45, 7) is 4.56. The van der Waals surface area contributed by atoms with Crippen molar-refractivity contribution in [2.45, 2.75) is 25.8 Å². The lowest BCUT2D eigenvalue weighted by atomic mass is 10.1. The first-order valence-electron chi connectivity index (χ1n) is 8.44. The first-order valence-corrected chi connectivity index (χ1v) is 8.44. The van der Waals surface area contributed by atoms with E-state index >= 15 is 0 Å². The minimum absolute atomic E-state index is 0.236. The zero-order valence-electron chi connectivity index (χ0n) is 14.3. The number of carbonyl (C=O) groups is 2. The highest BCUT2D eigenvalue weighted by atomic mass is 16.2. The van der Waals surface area contributed by atoms with Crippen molar-refractivity contribution >= 4 is 17.5 Å². The molecule has 0 bridgehead atoms. The highest BCUT2D eigenvalue weighted by Gasteiger charge is 2.27. The van der Waals surface area contributed by atoms with Crippen LogP contribution >= 0.6 is 0 Å². The molecule has 0 unspecified atom stereocenters. The smallest absolute Gasteiger partial charge is 0.287 e. The Bertz CT molecular complexity index is 907. The van der Waals surface area contributed by atoms with Gasteiger partial charge in [0.15, 0.2) is 11.5 Å². The van der Waals surface area contributed by atoms with Gasteiger partial charge in [0.25, 0.3) is 11.8 Å². The van der Waals surface area contributed by atoms with Crippen molar-refractivity contribution in [3.05, 3.63) is 59.7 Å². The highest BCUT2D eigenvalue weighted by molar-refractivity contribution is 6.05. The summed E-state index contributed by atoms with van der Waals surface area (Å²) in [6, 6.07) is 8.82. The lowest BCUT2D eigenvalue weighted by molar-refractivity contribution is 0.0942. The summed E-state index contributed by atoms with van der Waals surface area (Å²) in [5.74, 6) is -0.508. The van der Waals surface area contributed by atoms with Gasteiger partial charge in [-0.1, -0.05) is 18.2 Å². The van der Waals surface area contributed by atoms with Crippen LogP contribution in [-0.2, 0) is 13.0 Å². The van der Waals surface area contributed by atoms with E-state index in [2.05, 4.69) is 22.2 Å². The standard InChI is InChI=1S/C19H19N5O2/c1-2-10-21-19(26)17-23-16(15-9-5-6-11-24(15)17)18(25)22-14-8-4-3-7-13(14)12-20/h2-4,7-8H,1,5-6,9-11H2,(H,21,26)(H,22,25). The third-order valence-corrected chi connectivity index (χ3v) is 4.24. The Morgan fingerprint density at radius 2 is 2.12 bits per heavy atom. The van der Waals surface area contributed by atoms with E-state index in [0.29, 0.717) is 30.8 Å². The topological polar surface area (TPSA) is 99.8 Å². The van der Waals surface area contributed by atoms with Gasteiger partial charge in [0.2, 0.25) is 0 Å². The number of carbonyl (C=O) groups excluding carboxylic acids is 2. The molecule has 0 aliphatic carbocycles. The molecule has 1 aliphatic rings. The second-order valence-electron chi connectivity index (χ2n) is 5.95. The Morgan fingerprint density at radius 3 is 2.88 bits per heavy atom. The van der Waals surface area contributed by atoms with E-state index in [1.807, 2.05) is 10.6 Å². The third kappa shape index (κ3) is 3.35. The molecule has 0 fully saturated rings. The molecule has 1 aromatic carbocycles. The maximum absolute atomic E-state index is 12.8. The first-order chi connectivity index (χ1) is 12.7. The van der Waals surface area contributed by atoms with Gasteiger partial charge in [-0.2, -0.15) is 5.26 Å². The zero-order chi connectivity index (χ0) is 18.5. The number of nitriles is 1. The molecule has 0 saturated heterocycles. The molecule has 2 heterocycles. The van der Waals surface area contributed by atoms with Gasteiger partial charge in [0.1, 0.15) is 6.07 Å². The molecule has 1 aromatic heterocycles. The summed E-state index contributed by atoms with van der Waals surface area (Å²) < 4.78 is 1.81. The van der Waals surface area contributed by atoms with E-state index < -0.39 is 5.91 Å². The van der Waals surface area contributed by atoms with Crippen molar-refractivity contribution in [3.8, 4) is 6.07 Å². The molecule has 2 N–H and O–H groups in total. The Kier molecular flexibility index (Phi) is 5.13. The summed E-state index contributed by atoms with van der Waals surface area (Å²) in [7, 11) is 0. The Morgan fingerprint density at radius 1 is 1.31 bits per heavy atom. The van der Waals surface area contributed by atoms with Crippen LogP contribution in [0.4, 0.5) is 5.69 Å². The largest absolute Gasteiger partial charge is 0.346 e.